The highest BCUT2D eigenvalue weighted by Crippen LogP contribution is 2.28. The van der Waals surface area contributed by atoms with Gasteiger partial charge in [0.25, 0.3) is 5.91 Å². The Bertz CT molecular complexity index is 1150. The number of hydrogen-bond acceptors (Lipinski definition) is 4. The summed E-state index contributed by atoms with van der Waals surface area (Å²) in [6, 6.07) is 20.3. The van der Waals surface area contributed by atoms with Crippen molar-refractivity contribution in [3.8, 4) is 23.0 Å². The Morgan fingerprint density at radius 2 is 1.88 bits per heavy atom. The summed E-state index contributed by atoms with van der Waals surface area (Å²) < 4.78 is 1.80. The maximum atomic E-state index is 12.9. The van der Waals surface area contributed by atoms with Gasteiger partial charge in [-0.15, -0.1) is 11.8 Å². The zero-order chi connectivity index (χ0) is 23.0. The van der Waals surface area contributed by atoms with Crippen LogP contribution in [0.3, 0.4) is 0 Å². The molecule has 1 aliphatic carbocycles. The molecule has 1 fully saturated rings. The van der Waals surface area contributed by atoms with E-state index in [2.05, 4.69) is 30.4 Å². The molecule has 168 valence electrons. The lowest BCUT2D eigenvalue weighted by Gasteiger charge is -2.22. The van der Waals surface area contributed by atoms with Crippen LogP contribution in [0.2, 0.25) is 0 Å². The summed E-state index contributed by atoms with van der Waals surface area (Å²) in [7, 11) is 0. The number of nitrogens with zero attached hydrogens (tertiary/aromatic N) is 3. The van der Waals surface area contributed by atoms with Crippen molar-refractivity contribution in [1.82, 2.24) is 15.1 Å². The third-order valence-corrected chi connectivity index (χ3v) is 6.70. The van der Waals surface area contributed by atoms with E-state index in [0.717, 1.165) is 53.9 Å². The first-order valence-electron chi connectivity index (χ1n) is 11.5. The Labute approximate surface area is 199 Å². The second kappa shape index (κ2) is 11.0. The topological polar surface area (TPSA) is 70.7 Å². The van der Waals surface area contributed by atoms with E-state index in [4.69, 9.17) is 5.10 Å². The van der Waals surface area contributed by atoms with Crippen LogP contribution in [-0.2, 0) is 4.79 Å². The van der Waals surface area contributed by atoms with Crippen LogP contribution in [0.25, 0.3) is 23.0 Å². The van der Waals surface area contributed by atoms with Gasteiger partial charge >= 0.3 is 0 Å². The molecule has 1 aromatic heterocycles. The molecule has 0 spiro atoms. The molecule has 0 bridgehead atoms. The SMILES string of the molecule is CCSc1ccc(-c2nn(-c3ccccc3)cc2C=C(C#N)C(=O)NC2CCCCC2)cc1. The smallest absolute Gasteiger partial charge is 0.262 e. The number of amides is 1. The van der Waals surface area contributed by atoms with E-state index in [-0.39, 0.29) is 17.5 Å². The Morgan fingerprint density at radius 1 is 1.15 bits per heavy atom. The Kier molecular flexibility index (Phi) is 7.64. The molecule has 0 saturated heterocycles. The number of nitriles is 1. The minimum atomic E-state index is -0.308. The average molecular weight is 457 g/mol. The largest absolute Gasteiger partial charge is 0.349 e. The van der Waals surface area contributed by atoms with Crippen molar-refractivity contribution in [3.63, 3.8) is 0 Å². The molecular weight excluding hydrogens is 428 g/mol. The fraction of sp³-hybridized carbons (Fsp3) is 0.296. The lowest BCUT2D eigenvalue weighted by atomic mass is 9.95. The maximum absolute atomic E-state index is 12.9. The second-order valence-corrected chi connectivity index (χ2v) is 9.49. The number of hydrogen-bond donors (Lipinski definition) is 1. The summed E-state index contributed by atoms with van der Waals surface area (Å²) in [5.41, 5.74) is 3.45. The Hall–Kier alpha value is -3.30. The van der Waals surface area contributed by atoms with Crippen LogP contribution >= 0.6 is 11.8 Å². The average Bonchev–Trinajstić information content (AvgIpc) is 3.28. The second-order valence-electron chi connectivity index (χ2n) is 8.15. The standard InChI is InChI=1S/C27H28N4OS/c1-2-33-25-15-13-20(14-16-25)26-22(19-31(30-26)24-11-7-4-8-12-24)17-21(18-28)27(32)29-23-9-5-3-6-10-23/h4,7-8,11-17,19,23H,2-3,5-6,9-10H2,1H3,(H,29,32). The number of carbonyl (C=O) groups is 1. The highest BCUT2D eigenvalue weighted by Gasteiger charge is 2.19. The summed E-state index contributed by atoms with van der Waals surface area (Å²) in [5, 5.41) is 17.6. The molecule has 3 aromatic rings. The number of thioether (sulfide) groups is 1. The van der Waals surface area contributed by atoms with Gasteiger partial charge in [-0.3, -0.25) is 4.79 Å². The van der Waals surface area contributed by atoms with Gasteiger partial charge in [-0.05, 0) is 48.9 Å². The minimum absolute atomic E-state index is 0.104. The Balaban J connectivity index is 1.69. The number of carbonyl (C=O) groups excluding carboxylic acids is 1. The van der Waals surface area contributed by atoms with Crippen molar-refractivity contribution in [3.05, 3.63) is 71.9 Å². The zero-order valence-corrected chi connectivity index (χ0v) is 19.6. The molecule has 1 amide bonds. The molecule has 1 N–H and O–H groups in total. The summed E-state index contributed by atoms with van der Waals surface area (Å²) in [6.45, 7) is 2.13. The van der Waals surface area contributed by atoms with E-state index in [0.29, 0.717) is 0 Å². The van der Waals surface area contributed by atoms with Gasteiger partial charge in [0.2, 0.25) is 0 Å². The van der Waals surface area contributed by atoms with E-state index >= 15 is 0 Å². The van der Waals surface area contributed by atoms with Gasteiger partial charge in [0.05, 0.1) is 11.4 Å². The normalized spacial score (nSPS) is 14.6. The van der Waals surface area contributed by atoms with Crippen molar-refractivity contribution in [1.29, 1.82) is 5.26 Å². The lowest BCUT2D eigenvalue weighted by Crippen LogP contribution is -2.36. The molecule has 0 radical (unpaired) electrons. The van der Waals surface area contributed by atoms with Crippen LogP contribution in [0.1, 0.15) is 44.6 Å². The van der Waals surface area contributed by atoms with E-state index in [1.807, 2.05) is 48.7 Å². The molecule has 1 aliphatic rings. The zero-order valence-electron chi connectivity index (χ0n) is 18.8. The first-order chi connectivity index (χ1) is 16.2. The first kappa shape index (κ1) is 22.9. The molecule has 1 saturated carbocycles. The molecule has 6 heteroatoms. The summed E-state index contributed by atoms with van der Waals surface area (Å²) in [5.74, 6) is 0.704. The van der Waals surface area contributed by atoms with E-state index < -0.39 is 0 Å². The van der Waals surface area contributed by atoms with Gasteiger partial charge in [-0.25, -0.2) is 4.68 Å². The van der Waals surface area contributed by atoms with Crippen LogP contribution in [0.5, 0.6) is 0 Å². The monoisotopic (exact) mass is 456 g/mol. The third kappa shape index (κ3) is 5.74. The van der Waals surface area contributed by atoms with Crippen LogP contribution in [0.15, 0.2) is 71.3 Å². The van der Waals surface area contributed by atoms with Crippen LogP contribution in [0, 0.1) is 11.3 Å². The number of nitrogens with one attached hydrogen (secondary N) is 1. The molecule has 33 heavy (non-hydrogen) atoms. The fourth-order valence-corrected chi connectivity index (χ4v) is 4.78. The van der Waals surface area contributed by atoms with Crippen LogP contribution < -0.4 is 5.32 Å². The molecular formula is C27H28N4OS. The molecule has 4 rings (SSSR count). The van der Waals surface area contributed by atoms with Crippen LogP contribution in [-0.4, -0.2) is 27.5 Å². The van der Waals surface area contributed by atoms with Gasteiger partial charge in [0, 0.05) is 28.3 Å². The van der Waals surface area contributed by atoms with Crippen LogP contribution in [0.4, 0.5) is 0 Å². The summed E-state index contributed by atoms with van der Waals surface area (Å²) >= 11 is 1.79. The molecule has 0 unspecified atom stereocenters. The number of aromatic nitrogens is 2. The predicted octanol–water partition coefficient (Wildman–Crippen LogP) is 6.01. The van der Waals surface area contributed by atoms with Gasteiger partial charge in [-0.1, -0.05) is 56.5 Å². The fourth-order valence-electron chi connectivity index (χ4n) is 4.12. The molecule has 1 heterocycles. The predicted molar refractivity (Wildman–Crippen MR) is 134 cm³/mol. The Morgan fingerprint density at radius 3 is 2.55 bits per heavy atom. The highest BCUT2D eigenvalue weighted by molar-refractivity contribution is 7.99. The van der Waals surface area contributed by atoms with Gasteiger partial charge in [0.15, 0.2) is 0 Å². The van der Waals surface area contributed by atoms with Gasteiger partial charge in [0.1, 0.15) is 11.6 Å². The van der Waals surface area contributed by atoms with Crippen molar-refractivity contribution >= 4 is 23.7 Å². The lowest BCUT2D eigenvalue weighted by molar-refractivity contribution is -0.117. The van der Waals surface area contributed by atoms with E-state index in [1.165, 1.54) is 11.3 Å². The quantitative estimate of drug-likeness (QED) is 0.269. The number of para-hydroxylation sites is 1. The van der Waals surface area contributed by atoms with Crippen molar-refractivity contribution < 1.29 is 4.79 Å². The molecule has 0 atom stereocenters. The molecule has 0 aliphatic heterocycles. The molecule has 5 nitrogen and oxygen atoms in total. The minimum Gasteiger partial charge on any atom is -0.349 e. The molecule has 2 aromatic carbocycles. The summed E-state index contributed by atoms with van der Waals surface area (Å²) in [4.78, 5) is 14.1. The van der Waals surface area contributed by atoms with E-state index in [1.54, 1.807) is 22.5 Å². The third-order valence-electron chi connectivity index (χ3n) is 5.81. The van der Waals surface area contributed by atoms with Crippen molar-refractivity contribution in [2.45, 2.75) is 50.0 Å². The number of benzene rings is 2. The summed E-state index contributed by atoms with van der Waals surface area (Å²) in [6.07, 6.45) is 8.95. The van der Waals surface area contributed by atoms with Crippen molar-refractivity contribution in [2.24, 2.45) is 0 Å². The van der Waals surface area contributed by atoms with Gasteiger partial charge in [-0.2, -0.15) is 10.4 Å². The van der Waals surface area contributed by atoms with E-state index in [9.17, 15) is 10.1 Å². The highest BCUT2D eigenvalue weighted by atomic mass is 32.2. The van der Waals surface area contributed by atoms with Crippen molar-refractivity contribution in [2.75, 3.05) is 5.75 Å². The van der Waals surface area contributed by atoms with Gasteiger partial charge < -0.3 is 5.32 Å². The number of rotatable bonds is 7. The first-order valence-corrected chi connectivity index (χ1v) is 12.5. The maximum Gasteiger partial charge on any atom is 0.262 e.